The molecule has 1 atom stereocenters. The van der Waals surface area contributed by atoms with Crippen molar-refractivity contribution < 1.29 is 22.7 Å². The summed E-state index contributed by atoms with van der Waals surface area (Å²) in [4.78, 5) is 18.2. The monoisotopic (exact) mass is 412 g/mol. The van der Waals surface area contributed by atoms with Gasteiger partial charge in [0.25, 0.3) is 5.91 Å². The number of aromatic nitrogens is 1. The first-order valence-electron chi connectivity index (χ1n) is 9.13. The third kappa shape index (κ3) is 4.91. The number of benzene rings is 1. The van der Waals surface area contributed by atoms with Crippen molar-refractivity contribution in [3.8, 4) is 0 Å². The van der Waals surface area contributed by atoms with E-state index in [1.54, 1.807) is 0 Å². The number of carbonyl (C=O) groups excluding carboxylic acids is 1. The zero-order chi connectivity index (χ0) is 20.5. The second-order valence-electron chi connectivity index (χ2n) is 7.91. The van der Waals surface area contributed by atoms with E-state index in [1.807, 2.05) is 10.8 Å². The lowest BCUT2D eigenvalue weighted by Crippen LogP contribution is -2.23. The van der Waals surface area contributed by atoms with E-state index >= 15 is 0 Å². The Morgan fingerprint density at radius 1 is 1.32 bits per heavy atom. The van der Waals surface area contributed by atoms with Gasteiger partial charge in [-0.1, -0.05) is 26.8 Å². The molecule has 1 aliphatic heterocycles. The van der Waals surface area contributed by atoms with Gasteiger partial charge in [0.05, 0.1) is 18.2 Å². The summed E-state index contributed by atoms with van der Waals surface area (Å²) in [5, 5.41) is 0. The molecule has 152 valence electrons. The number of hydrogen-bond donors (Lipinski definition) is 0. The van der Waals surface area contributed by atoms with Crippen LogP contribution in [0.3, 0.4) is 0 Å². The number of thiazole rings is 1. The molecule has 28 heavy (non-hydrogen) atoms. The average Bonchev–Trinajstić information content (AvgIpc) is 3.25. The molecule has 0 saturated carbocycles. The van der Waals surface area contributed by atoms with Gasteiger partial charge < -0.3 is 9.30 Å². The number of carbonyl (C=O) groups is 1. The van der Waals surface area contributed by atoms with Gasteiger partial charge in [0.1, 0.15) is 0 Å². The highest BCUT2D eigenvalue weighted by atomic mass is 32.1. The van der Waals surface area contributed by atoms with E-state index < -0.39 is 17.6 Å². The lowest BCUT2D eigenvalue weighted by Gasteiger charge is -2.15. The van der Waals surface area contributed by atoms with Gasteiger partial charge >= 0.3 is 6.18 Å². The summed E-state index contributed by atoms with van der Waals surface area (Å²) in [7, 11) is 0. The lowest BCUT2D eigenvalue weighted by molar-refractivity contribution is -0.137. The highest BCUT2D eigenvalue weighted by Crippen LogP contribution is 2.30. The zero-order valence-corrected chi connectivity index (χ0v) is 16.9. The number of rotatable bonds is 3. The first-order chi connectivity index (χ1) is 13.0. The van der Waals surface area contributed by atoms with Crippen LogP contribution in [-0.2, 0) is 22.9 Å². The van der Waals surface area contributed by atoms with Crippen molar-refractivity contribution in [1.29, 1.82) is 0 Å². The van der Waals surface area contributed by atoms with Crippen molar-refractivity contribution in [1.82, 2.24) is 4.57 Å². The fourth-order valence-corrected chi connectivity index (χ4v) is 3.99. The van der Waals surface area contributed by atoms with Gasteiger partial charge in [-0.3, -0.25) is 4.79 Å². The minimum Gasteiger partial charge on any atom is -0.376 e. The minimum absolute atomic E-state index is 0.0602. The Kier molecular flexibility index (Phi) is 5.82. The molecule has 1 amide bonds. The van der Waals surface area contributed by atoms with Gasteiger partial charge in [-0.15, -0.1) is 11.3 Å². The van der Waals surface area contributed by atoms with Crippen LogP contribution in [0.2, 0.25) is 0 Å². The van der Waals surface area contributed by atoms with E-state index in [9.17, 15) is 18.0 Å². The average molecular weight is 412 g/mol. The number of alkyl halides is 3. The number of ether oxygens (including phenoxy) is 1. The van der Waals surface area contributed by atoms with Gasteiger partial charge in [0.2, 0.25) is 0 Å². The predicted molar refractivity (Wildman–Crippen MR) is 101 cm³/mol. The molecule has 0 spiro atoms. The SMILES string of the molecule is CC(C)(C)c1cn(C[C@H]2CCCO2)c(=NC(=O)c2cccc(C(F)(F)F)c2)s1. The third-order valence-electron chi connectivity index (χ3n) is 4.52. The van der Waals surface area contributed by atoms with Gasteiger partial charge in [-0.2, -0.15) is 18.2 Å². The Morgan fingerprint density at radius 2 is 2.07 bits per heavy atom. The minimum atomic E-state index is -4.50. The van der Waals surface area contributed by atoms with Crippen LogP contribution in [0.5, 0.6) is 0 Å². The smallest absolute Gasteiger partial charge is 0.376 e. The van der Waals surface area contributed by atoms with Crippen LogP contribution in [0.4, 0.5) is 13.2 Å². The number of nitrogens with zero attached hydrogens (tertiary/aromatic N) is 2. The zero-order valence-electron chi connectivity index (χ0n) is 16.0. The third-order valence-corrected chi connectivity index (χ3v) is 5.96. The molecule has 2 aromatic rings. The van der Waals surface area contributed by atoms with E-state index in [0.717, 1.165) is 36.5 Å². The van der Waals surface area contributed by atoms with Gasteiger partial charge in [0, 0.05) is 23.2 Å². The van der Waals surface area contributed by atoms with E-state index in [1.165, 1.54) is 23.5 Å². The molecule has 1 saturated heterocycles. The molecule has 1 aliphatic rings. The highest BCUT2D eigenvalue weighted by molar-refractivity contribution is 7.09. The van der Waals surface area contributed by atoms with Crippen LogP contribution in [-0.4, -0.2) is 23.2 Å². The van der Waals surface area contributed by atoms with Crippen LogP contribution in [0.25, 0.3) is 0 Å². The maximum absolute atomic E-state index is 12.9. The van der Waals surface area contributed by atoms with Crippen LogP contribution >= 0.6 is 11.3 Å². The van der Waals surface area contributed by atoms with Crippen molar-refractivity contribution in [3.05, 3.63) is 51.3 Å². The Morgan fingerprint density at radius 3 is 2.68 bits per heavy atom. The van der Waals surface area contributed by atoms with E-state index in [0.29, 0.717) is 11.3 Å². The molecule has 1 aromatic carbocycles. The molecule has 3 rings (SSSR count). The summed E-state index contributed by atoms with van der Waals surface area (Å²) in [5.41, 5.74) is -1.07. The molecular weight excluding hydrogens is 389 g/mol. The summed E-state index contributed by atoms with van der Waals surface area (Å²) < 4.78 is 46.3. The maximum Gasteiger partial charge on any atom is 0.416 e. The number of halogens is 3. The molecule has 0 bridgehead atoms. The quantitative estimate of drug-likeness (QED) is 0.728. The summed E-state index contributed by atoms with van der Waals surface area (Å²) in [6, 6.07) is 4.36. The molecule has 4 nitrogen and oxygen atoms in total. The van der Waals surface area contributed by atoms with Crippen molar-refractivity contribution in [2.75, 3.05) is 6.61 Å². The second kappa shape index (κ2) is 7.83. The molecule has 0 N–H and O–H groups in total. The Hall–Kier alpha value is -1.93. The number of hydrogen-bond acceptors (Lipinski definition) is 3. The standard InChI is InChI=1S/C20H23F3N2O2S/c1-19(2,3)16-12-25(11-15-8-5-9-27-15)18(28-16)24-17(26)13-6-4-7-14(10-13)20(21,22)23/h4,6-7,10,12,15H,5,8-9,11H2,1-3H3/t15-/m1/s1. The summed E-state index contributed by atoms with van der Waals surface area (Å²) in [5.74, 6) is -0.686. The topological polar surface area (TPSA) is 43.6 Å². The summed E-state index contributed by atoms with van der Waals surface area (Å²) in [6.07, 6.45) is -0.542. The Bertz CT molecular complexity index is 917. The fraction of sp³-hybridized carbons (Fsp3) is 0.500. The lowest BCUT2D eigenvalue weighted by atomic mass is 9.95. The first-order valence-corrected chi connectivity index (χ1v) is 9.94. The van der Waals surface area contributed by atoms with E-state index in [4.69, 9.17) is 4.74 Å². The molecule has 0 aliphatic carbocycles. The molecule has 2 heterocycles. The normalized spacial score (nSPS) is 18.6. The van der Waals surface area contributed by atoms with Crippen LogP contribution in [0.1, 0.15) is 54.4 Å². The van der Waals surface area contributed by atoms with Crippen molar-refractivity contribution >= 4 is 17.2 Å². The highest BCUT2D eigenvalue weighted by Gasteiger charge is 2.31. The Balaban J connectivity index is 1.97. The second-order valence-corrected chi connectivity index (χ2v) is 8.92. The summed E-state index contributed by atoms with van der Waals surface area (Å²) >= 11 is 1.38. The van der Waals surface area contributed by atoms with Gasteiger partial charge in [-0.05, 0) is 36.5 Å². The van der Waals surface area contributed by atoms with Crippen molar-refractivity contribution in [2.45, 2.75) is 57.9 Å². The maximum atomic E-state index is 12.9. The van der Waals surface area contributed by atoms with Crippen LogP contribution in [0, 0.1) is 0 Å². The number of amides is 1. The summed E-state index contributed by atoms with van der Waals surface area (Å²) in [6.45, 7) is 7.48. The molecule has 1 fully saturated rings. The van der Waals surface area contributed by atoms with Crippen molar-refractivity contribution in [2.24, 2.45) is 4.99 Å². The Labute approximate surface area is 165 Å². The van der Waals surface area contributed by atoms with Crippen LogP contribution < -0.4 is 4.80 Å². The van der Waals surface area contributed by atoms with Crippen molar-refractivity contribution in [3.63, 3.8) is 0 Å². The molecule has 0 unspecified atom stereocenters. The van der Waals surface area contributed by atoms with Crippen LogP contribution in [0.15, 0.2) is 35.5 Å². The molecule has 1 aromatic heterocycles. The molecule has 0 radical (unpaired) electrons. The molecule has 8 heteroatoms. The fourth-order valence-electron chi connectivity index (χ4n) is 2.93. The largest absolute Gasteiger partial charge is 0.416 e. The first kappa shape index (κ1) is 20.8. The predicted octanol–water partition coefficient (Wildman–Crippen LogP) is 4.79. The van der Waals surface area contributed by atoms with E-state index in [-0.39, 0.29) is 17.1 Å². The van der Waals surface area contributed by atoms with E-state index in [2.05, 4.69) is 25.8 Å². The van der Waals surface area contributed by atoms with Gasteiger partial charge in [-0.25, -0.2) is 0 Å². The molecular formula is C20H23F3N2O2S. The van der Waals surface area contributed by atoms with Gasteiger partial charge in [0.15, 0.2) is 4.80 Å².